The number of esters is 1. The van der Waals surface area contributed by atoms with E-state index < -0.39 is 44.2 Å². The summed E-state index contributed by atoms with van der Waals surface area (Å²) in [5.74, 6) is -1.60. The average molecular weight is 541 g/mol. The SMILES string of the molecule is CC(C)[C@H](NC(=O)[C@@H](NC(=O)OCC1c2ccccc2-c2ccccc21)[C@@H](C)O)C(=O)OCC[Si](C)(C)C. The number of ether oxygens (including phenoxy) is 2. The second-order valence-corrected chi connectivity index (χ2v) is 17.0. The molecule has 1 aliphatic carbocycles. The van der Waals surface area contributed by atoms with Gasteiger partial charge in [0.05, 0.1) is 12.7 Å². The summed E-state index contributed by atoms with van der Waals surface area (Å²) < 4.78 is 10.9. The first-order valence-electron chi connectivity index (χ1n) is 13.2. The lowest BCUT2D eigenvalue weighted by molar-refractivity contribution is -0.149. The first kappa shape index (κ1) is 29.4. The van der Waals surface area contributed by atoms with Crippen molar-refractivity contribution >= 4 is 26.0 Å². The van der Waals surface area contributed by atoms with Gasteiger partial charge in [-0.1, -0.05) is 82.0 Å². The number of aliphatic hydroxyl groups excluding tert-OH is 1. The number of amides is 2. The number of carbonyl (C=O) groups is 3. The van der Waals surface area contributed by atoms with Crippen LogP contribution in [0.15, 0.2) is 48.5 Å². The first-order chi connectivity index (χ1) is 17.9. The van der Waals surface area contributed by atoms with E-state index in [4.69, 9.17) is 9.47 Å². The van der Waals surface area contributed by atoms with E-state index in [0.717, 1.165) is 28.3 Å². The fourth-order valence-electron chi connectivity index (χ4n) is 4.46. The summed E-state index contributed by atoms with van der Waals surface area (Å²) in [5, 5.41) is 15.4. The highest BCUT2D eigenvalue weighted by atomic mass is 28.3. The second-order valence-electron chi connectivity index (χ2n) is 11.4. The molecule has 38 heavy (non-hydrogen) atoms. The minimum absolute atomic E-state index is 0.0754. The molecule has 2 aromatic carbocycles. The molecule has 3 atom stereocenters. The molecule has 0 aliphatic heterocycles. The van der Waals surface area contributed by atoms with Gasteiger partial charge in [-0.2, -0.15) is 0 Å². The van der Waals surface area contributed by atoms with E-state index in [2.05, 4.69) is 30.3 Å². The van der Waals surface area contributed by atoms with E-state index in [9.17, 15) is 19.5 Å². The van der Waals surface area contributed by atoms with Crippen molar-refractivity contribution in [3.8, 4) is 11.1 Å². The molecular weight excluding hydrogens is 500 g/mol. The quantitative estimate of drug-likeness (QED) is 0.289. The van der Waals surface area contributed by atoms with Crippen molar-refractivity contribution in [3.05, 3.63) is 59.7 Å². The van der Waals surface area contributed by atoms with Crippen LogP contribution in [0.2, 0.25) is 25.7 Å². The molecule has 0 unspecified atom stereocenters. The Morgan fingerprint density at radius 2 is 1.42 bits per heavy atom. The van der Waals surface area contributed by atoms with Crippen molar-refractivity contribution in [1.82, 2.24) is 10.6 Å². The lowest BCUT2D eigenvalue weighted by atomic mass is 9.98. The number of benzene rings is 2. The Labute approximate surface area is 226 Å². The highest BCUT2D eigenvalue weighted by Crippen LogP contribution is 2.44. The lowest BCUT2D eigenvalue weighted by Crippen LogP contribution is -2.57. The molecule has 2 aromatic rings. The zero-order chi connectivity index (χ0) is 28.0. The van der Waals surface area contributed by atoms with Crippen molar-refractivity contribution in [2.24, 2.45) is 5.92 Å². The molecule has 0 fully saturated rings. The molecule has 3 rings (SSSR count). The smallest absolute Gasteiger partial charge is 0.407 e. The molecule has 0 heterocycles. The minimum atomic E-state index is -1.39. The van der Waals surface area contributed by atoms with Gasteiger partial charge in [-0.15, -0.1) is 0 Å². The second kappa shape index (κ2) is 12.6. The summed E-state index contributed by atoms with van der Waals surface area (Å²) in [4.78, 5) is 38.4. The highest BCUT2D eigenvalue weighted by molar-refractivity contribution is 6.76. The molecule has 0 saturated heterocycles. The number of fused-ring (bicyclic) bond motifs is 3. The maximum atomic E-state index is 13.0. The van der Waals surface area contributed by atoms with Crippen molar-refractivity contribution in [2.75, 3.05) is 13.2 Å². The molecule has 0 radical (unpaired) electrons. The van der Waals surface area contributed by atoms with Gasteiger partial charge >= 0.3 is 12.1 Å². The number of rotatable bonds is 11. The van der Waals surface area contributed by atoms with Crippen LogP contribution in [0, 0.1) is 5.92 Å². The van der Waals surface area contributed by atoms with Gasteiger partial charge in [0.1, 0.15) is 18.7 Å². The summed E-state index contributed by atoms with van der Waals surface area (Å²) in [6.45, 7) is 11.9. The fourth-order valence-corrected chi connectivity index (χ4v) is 5.18. The third-order valence-electron chi connectivity index (χ3n) is 6.70. The van der Waals surface area contributed by atoms with Gasteiger partial charge in [0.2, 0.25) is 5.91 Å². The van der Waals surface area contributed by atoms with Crippen LogP contribution in [0.25, 0.3) is 11.1 Å². The highest BCUT2D eigenvalue weighted by Gasteiger charge is 2.34. The third-order valence-corrected chi connectivity index (χ3v) is 8.40. The molecule has 0 spiro atoms. The van der Waals surface area contributed by atoms with E-state index in [1.54, 1.807) is 13.8 Å². The van der Waals surface area contributed by atoms with Gasteiger partial charge in [0.15, 0.2) is 0 Å². The van der Waals surface area contributed by atoms with Crippen LogP contribution in [0.1, 0.15) is 37.8 Å². The van der Waals surface area contributed by atoms with Gasteiger partial charge in [0.25, 0.3) is 0 Å². The van der Waals surface area contributed by atoms with Crippen LogP contribution in [-0.4, -0.2) is 62.6 Å². The van der Waals surface area contributed by atoms with Crippen LogP contribution in [0.5, 0.6) is 0 Å². The van der Waals surface area contributed by atoms with Crippen molar-refractivity contribution in [2.45, 2.75) is 70.6 Å². The zero-order valence-corrected chi connectivity index (χ0v) is 24.1. The number of nitrogens with one attached hydrogen (secondary N) is 2. The topological polar surface area (TPSA) is 114 Å². The Hall–Kier alpha value is -3.17. The van der Waals surface area contributed by atoms with Crippen LogP contribution >= 0.6 is 0 Å². The Bertz CT molecular complexity index is 1100. The molecule has 0 aromatic heterocycles. The van der Waals surface area contributed by atoms with Crippen LogP contribution in [0.3, 0.4) is 0 Å². The number of carbonyl (C=O) groups excluding carboxylic acids is 3. The normalized spacial score (nSPS) is 15.2. The standard InChI is InChI=1S/C29H40N2O6Si/c1-18(2)25(28(34)36-15-16-38(4,5)6)30-27(33)26(19(3)32)31-29(35)37-17-24-22-13-9-7-11-20(22)21-12-8-10-14-23(21)24/h7-14,18-19,24-26,32H,15-17H2,1-6H3,(H,30,33)(H,31,35)/t19-,25+,26+/m1/s1. The van der Waals surface area contributed by atoms with Crippen LogP contribution in [-0.2, 0) is 19.1 Å². The maximum absolute atomic E-state index is 13.0. The molecule has 0 saturated carbocycles. The third kappa shape index (κ3) is 7.45. The average Bonchev–Trinajstić information content (AvgIpc) is 3.16. The summed E-state index contributed by atoms with van der Waals surface area (Å²) in [7, 11) is -1.39. The zero-order valence-electron chi connectivity index (χ0n) is 23.1. The van der Waals surface area contributed by atoms with Gasteiger partial charge < -0.3 is 25.2 Å². The largest absolute Gasteiger partial charge is 0.464 e. The van der Waals surface area contributed by atoms with Gasteiger partial charge in [-0.05, 0) is 41.1 Å². The molecule has 3 N–H and O–H groups in total. The monoisotopic (exact) mass is 540 g/mol. The molecule has 2 amide bonds. The number of hydrogen-bond donors (Lipinski definition) is 3. The van der Waals surface area contributed by atoms with Gasteiger partial charge in [-0.3, -0.25) is 4.79 Å². The molecular formula is C29H40N2O6Si. The molecule has 0 bridgehead atoms. The lowest BCUT2D eigenvalue weighted by Gasteiger charge is -2.26. The van der Waals surface area contributed by atoms with E-state index in [1.165, 1.54) is 6.92 Å². The van der Waals surface area contributed by atoms with Crippen LogP contribution in [0.4, 0.5) is 4.79 Å². The van der Waals surface area contributed by atoms with E-state index >= 15 is 0 Å². The summed E-state index contributed by atoms with van der Waals surface area (Å²) in [5.41, 5.74) is 4.35. The molecule has 9 heteroatoms. The number of alkyl carbamates (subject to hydrolysis) is 1. The maximum Gasteiger partial charge on any atom is 0.407 e. The van der Waals surface area contributed by atoms with Crippen molar-refractivity contribution in [3.63, 3.8) is 0 Å². The summed E-state index contributed by atoms with van der Waals surface area (Å²) in [6.07, 6.45) is -2.04. The molecule has 1 aliphatic rings. The minimum Gasteiger partial charge on any atom is -0.464 e. The van der Waals surface area contributed by atoms with Gasteiger partial charge in [0, 0.05) is 14.0 Å². The summed E-state index contributed by atoms with van der Waals surface area (Å²) in [6, 6.07) is 14.6. The predicted molar refractivity (Wildman–Crippen MR) is 150 cm³/mol. The van der Waals surface area contributed by atoms with E-state index in [1.807, 2.05) is 48.5 Å². The Morgan fingerprint density at radius 1 is 0.868 bits per heavy atom. The summed E-state index contributed by atoms with van der Waals surface area (Å²) >= 11 is 0. The van der Waals surface area contributed by atoms with Crippen molar-refractivity contribution in [1.29, 1.82) is 0 Å². The molecule has 8 nitrogen and oxygen atoms in total. The van der Waals surface area contributed by atoms with Crippen molar-refractivity contribution < 1.29 is 29.0 Å². The number of aliphatic hydroxyl groups is 1. The van der Waals surface area contributed by atoms with Crippen LogP contribution < -0.4 is 10.6 Å². The fraction of sp³-hybridized carbons (Fsp3) is 0.483. The van der Waals surface area contributed by atoms with E-state index in [-0.39, 0.29) is 18.4 Å². The Morgan fingerprint density at radius 3 is 1.92 bits per heavy atom. The Kier molecular flexibility index (Phi) is 9.73. The Balaban J connectivity index is 1.61. The molecule has 206 valence electrons. The van der Waals surface area contributed by atoms with Gasteiger partial charge in [-0.25, -0.2) is 9.59 Å². The van der Waals surface area contributed by atoms with E-state index in [0.29, 0.717) is 6.61 Å². The number of hydrogen-bond acceptors (Lipinski definition) is 6. The predicted octanol–water partition coefficient (Wildman–Crippen LogP) is 4.30. The first-order valence-corrected chi connectivity index (χ1v) is 16.9.